The normalized spacial score (nSPS) is 17.4. The Bertz CT molecular complexity index is 445. The molecule has 4 nitrogen and oxygen atoms in total. The Kier molecular flexibility index (Phi) is 5.02. The number of nitrogens with zero attached hydrogens (tertiary/aromatic N) is 1. The lowest BCUT2D eigenvalue weighted by Crippen LogP contribution is -2.30. The second-order valence-electron chi connectivity index (χ2n) is 5.71. The van der Waals surface area contributed by atoms with Gasteiger partial charge in [0, 0.05) is 11.3 Å². The third-order valence-electron chi connectivity index (χ3n) is 3.78. The van der Waals surface area contributed by atoms with Crippen molar-refractivity contribution in [1.29, 1.82) is 0 Å². The molecule has 1 heterocycles. The van der Waals surface area contributed by atoms with Crippen LogP contribution < -0.4 is 15.8 Å². The van der Waals surface area contributed by atoms with Gasteiger partial charge in [0.25, 0.3) is 0 Å². The van der Waals surface area contributed by atoms with Crippen LogP contribution in [0.5, 0.6) is 5.88 Å². The molecule has 0 atom stereocenters. The Labute approximate surface area is 125 Å². The van der Waals surface area contributed by atoms with E-state index < -0.39 is 0 Å². The largest absolute Gasteiger partial charge is 0.473 e. The van der Waals surface area contributed by atoms with Gasteiger partial charge in [-0.1, -0.05) is 12.8 Å². The molecule has 0 unspecified atom stereocenters. The third kappa shape index (κ3) is 3.72. The minimum atomic E-state index is 0.0763. The third-order valence-corrected chi connectivity index (χ3v) is 5.20. The van der Waals surface area contributed by atoms with Crippen molar-refractivity contribution >= 4 is 23.3 Å². The van der Waals surface area contributed by atoms with Crippen LogP contribution in [-0.4, -0.2) is 28.6 Å². The van der Waals surface area contributed by atoms with Crippen LogP contribution in [0.1, 0.15) is 39.5 Å². The fraction of sp³-hybridized carbons (Fsp3) is 0.667. The van der Waals surface area contributed by atoms with Gasteiger partial charge in [0.2, 0.25) is 5.88 Å². The van der Waals surface area contributed by atoms with E-state index in [1.54, 1.807) is 0 Å². The maximum atomic E-state index is 5.89. The molecule has 1 fully saturated rings. The van der Waals surface area contributed by atoms with Gasteiger partial charge in [-0.25, -0.2) is 0 Å². The molecule has 0 spiro atoms. The lowest BCUT2D eigenvalue weighted by Gasteiger charge is -2.27. The molecule has 0 aliphatic heterocycles. The summed E-state index contributed by atoms with van der Waals surface area (Å²) in [5, 5.41) is 3.45. The van der Waals surface area contributed by atoms with Crippen LogP contribution in [0.15, 0.2) is 12.1 Å². The SMILES string of the molecule is CSC1(CNc2ccc(N)c(OC(C)C)n2)CCCC1. The van der Waals surface area contributed by atoms with Crippen molar-refractivity contribution in [2.24, 2.45) is 0 Å². The predicted molar refractivity (Wildman–Crippen MR) is 87.6 cm³/mol. The molecule has 0 amide bonds. The monoisotopic (exact) mass is 295 g/mol. The van der Waals surface area contributed by atoms with Crippen LogP contribution in [0.4, 0.5) is 11.5 Å². The number of nitrogens with one attached hydrogen (secondary N) is 1. The fourth-order valence-corrected chi connectivity index (χ4v) is 3.50. The van der Waals surface area contributed by atoms with Crippen LogP contribution >= 0.6 is 11.8 Å². The Morgan fingerprint density at radius 3 is 2.70 bits per heavy atom. The highest BCUT2D eigenvalue weighted by atomic mass is 32.2. The molecule has 0 bridgehead atoms. The molecule has 2 rings (SSSR count). The zero-order valence-corrected chi connectivity index (χ0v) is 13.4. The van der Waals surface area contributed by atoms with Gasteiger partial charge in [-0.05, 0) is 45.1 Å². The van der Waals surface area contributed by atoms with E-state index in [2.05, 4.69) is 16.6 Å². The van der Waals surface area contributed by atoms with Gasteiger partial charge >= 0.3 is 0 Å². The maximum absolute atomic E-state index is 5.89. The molecule has 1 aromatic rings. The Morgan fingerprint density at radius 2 is 2.10 bits per heavy atom. The van der Waals surface area contributed by atoms with E-state index in [1.807, 2.05) is 37.7 Å². The number of hydrogen-bond acceptors (Lipinski definition) is 5. The van der Waals surface area contributed by atoms with Crippen molar-refractivity contribution in [3.63, 3.8) is 0 Å². The van der Waals surface area contributed by atoms with Crippen molar-refractivity contribution in [2.75, 3.05) is 23.9 Å². The number of nitrogen functional groups attached to an aromatic ring is 1. The van der Waals surface area contributed by atoms with Gasteiger partial charge in [0.1, 0.15) is 5.82 Å². The maximum Gasteiger partial charge on any atom is 0.239 e. The summed E-state index contributed by atoms with van der Waals surface area (Å²) in [4.78, 5) is 4.47. The van der Waals surface area contributed by atoms with E-state index in [1.165, 1.54) is 25.7 Å². The van der Waals surface area contributed by atoms with Crippen molar-refractivity contribution in [2.45, 2.75) is 50.4 Å². The van der Waals surface area contributed by atoms with Gasteiger partial charge in [0.05, 0.1) is 11.8 Å². The first kappa shape index (κ1) is 15.3. The average Bonchev–Trinajstić information content (AvgIpc) is 2.89. The van der Waals surface area contributed by atoms with Crippen molar-refractivity contribution in [3.05, 3.63) is 12.1 Å². The lowest BCUT2D eigenvalue weighted by molar-refractivity contribution is 0.234. The minimum absolute atomic E-state index is 0.0763. The highest BCUT2D eigenvalue weighted by Crippen LogP contribution is 2.40. The summed E-state index contributed by atoms with van der Waals surface area (Å²) in [5.74, 6) is 1.37. The van der Waals surface area contributed by atoms with E-state index in [4.69, 9.17) is 10.5 Å². The Morgan fingerprint density at radius 1 is 1.40 bits per heavy atom. The summed E-state index contributed by atoms with van der Waals surface area (Å²) in [6, 6.07) is 3.78. The van der Waals surface area contributed by atoms with Gasteiger partial charge in [0.15, 0.2) is 0 Å². The minimum Gasteiger partial charge on any atom is -0.473 e. The molecule has 1 aliphatic rings. The molecular formula is C15H25N3OS. The van der Waals surface area contributed by atoms with Crippen LogP contribution in [0.2, 0.25) is 0 Å². The fourth-order valence-electron chi connectivity index (χ4n) is 2.59. The van der Waals surface area contributed by atoms with E-state index in [9.17, 15) is 0 Å². The number of anilines is 2. The average molecular weight is 295 g/mol. The molecule has 112 valence electrons. The molecular weight excluding hydrogens is 270 g/mol. The first-order valence-electron chi connectivity index (χ1n) is 7.27. The number of hydrogen-bond donors (Lipinski definition) is 2. The predicted octanol–water partition coefficient (Wildman–Crippen LogP) is 3.54. The van der Waals surface area contributed by atoms with Crippen LogP contribution in [0, 0.1) is 0 Å². The zero-order chi connectivity index (χ0) is 14.6. The standard InChI is InChI=1S/C15H25N3OS/c1-11(2)19-14-12(16)6-7-13(18-14)17-10-15(20-3)8-4-5-9-15/h6-7,11H,4-5,8-10,16H2,1-3H3,(H,17,18). The summed E-state index contributed by atoms with van der Waals surface area (Å²) in [5.41, 5.74) is 6.48. The molecule has 1 aliphatic carbocycles. The number of aromatic nitrogens is 1. The lowest BCUT2D eigenvalue weighted by atomic mass is 10.1. The number of rotatable bonds is 6. The first-order chi connectivity index (χ1) is 9.54. The second-order valence-corrected chi connectivity index (χ2v) is 6.98. The molecule has 1 saturated carbocycles. The van der Waals surface area contributed by atoms with Gasteiger partial charge in [-0.2, -0.15) is 16.7 Å². The van der Waals surface area contributed by atoms with Gasteiger partial charge in [-0.3, -0.25) is 0 Å². The smallest absolute Gasteiger partial charge is 0.239 e. The van der Waals surface area contributed by atoms with E-state index in [0.29, 0.717) is 16.3 Å². The number of thioether (sulfide) groups is 1. The summed E-state index contributed by atoms with van der Waals surface area (Å²) >= 11 is 1.97. The number of ether oxygens (including phenoxy) is 1. The van der Waals surface area contributed by atoms with Crippen LogP contribution in [-0.2, 0) is 0 Å². The molecule has 20 heavy (non-hydrogen) atoms. The highest BCUT2D eigenvalue weighted by molar-refractivity contribution is 8.00. The van der Waals surface area contributed by atoms with E-state index >= 15 is 0 Å². The van der Waals surface area contributed by atoms with E-state index in [-0.39, 0.29) is 6.10 Å². The molecule has 1 aromatic heterocycles. The summed E-state index contributed by atoms with van der Waals surface area (Å²) in [6.45, 7) is 4.90. The Balaban J connectivity index is 2.02. The van der Waals surface area contributed by atoms with Gasteiger partial charge < -0.3 is 15.8 Å². The number of nitrogens with two attached hydrogens (primary N) is 1. The zero-order valence-electron chi connectivity index (χ0n) is 12.6. The number of pyridine rings is 1. The van der Waals surface area contributed by atoms with Crippen LogP contribution in [0.3, 0.4) is 0 Å². The second kappa shape index (κ2) is 6.57. The highest BCUT2D eigenvalue weighted by Gasteiger charge is 2.32. The first-order valence-corrected chi connectivity index (χ1v) is 8.49. The van der Waals surface area contributed by atoms with Crippen molar-refractivity contribution < 1.29 is 4.74 Å². The summed E-state index contributed by atoms with van der Waals surface area (Å²) < 4.78 is 5.99. The van der Waals surface area contributed by atoms with Crippen molar-refractivity contribution in [3.8, 4) is 5.88 Å². The van der Waals surface area contributed by atoms with E-state index in [0.717, 1.165) is 12.4 Å². The summed E-state index contributed by atoms with van der Waals surface area (Å²) in [6.07, 6.45) is 7.51. The summed E-state index contributed by atoms with van der Waals surface area (Å²) in [7, 11) is 0. The van der Waals surface area contributed by atoms with Gasteiger partial charge in [-0.15, -0.1) is 0 Å². The van der Waals surface area contributed by atoms with Crippen LogP contribution in [0.25, 0.3) is 0 Å². The quantitative estimate of drug-likeness (QED) is 0.840. The molecule has 3 N–H and O–H groups in total. The molecule has 0 aromatic carbocycles. The topological polar surface area (TPSA) is 60.2 Å². The molecule has 5 heteroatoms. The molecule has 0 radical (unpaired) electrons. The van der Waals surface area contributed by atoms with Crippen molar-refractivity contribution in [1.82, 2.24) is 4.98 Å². The molecule has 0 saturated heterocycles. The Hall–Kier alpha value is -1.10.